The molecule has 1 aliphatic rings. The van der Waals surface area contributed by atoms with Crippen LogP contribution >= 0.6 is 0 Å². The number of hydrogen-bond acceptors (Lipinski definition) is 3. The van der Waals surface area contributed by atoms with Crippen LogP contribution in [0.15, 0.2) is 12.1 Å². The van der Waals surface area contributed by atoms with Gasteiger partial charge in [0.15, 0.2) is 0 Å². The number of carbonyl (C=O) groups is 2. The molecule has 1 aromatic rings. The first-order valence-electron chi connectivity index (χ1n) is 6.20. The van der Waals surface area contributed by atoms with E-state index in [-0.39, 0.29) is 12.1 Å². The van der Waals surface area contributed by atoms with Gasteiger partial charge in [-0.3, -0.25) is 9.59 Å². The third-order valence-corrected chi connectivity index (χ3v) is 3.47. The smallest absolute Gasteiger partial charge is 0.325 e. The molecule has 1 aromatic carbocycles. The zero-order chi connectivity index (χ0) is 14.0. The fourth-order valence-electron chi connectivity index (χ4n) is 2.33. The summed E-state index contributed by atoms with van der Waals surface area (Å²) in [5.74, 6) is -1.37. The first-order chi connectivity index (χ1) is 9.02. The molecule has 0 radical (unpaired) electrons. The normalized spacial score (nSPS) is 16.9. The number of benzene rings is 1. The number of amides is 1. The van der Waals surface area contributed by atoms with Crippen LogP contribution in [0, 0.1) is 5.82 Å². The van der Waals surface area contributed by atoms with Crippen molar-refractivity contribution >= 4 is 11.9 Å². The van der Waals surface area contributed by atoms with E-state index in [1.165, 1.54) is 13.2 Å². The third kappa shape index (κ3) is 2.75. The Bertz CT molecular complexity index is 528. The van der Waals surface area contributed by atoms with E-state index < -0.39 is 17.7 Å². The van der Waals surface area contributed by atoms with Gasteiger partial charge in [-0.25, -0.2) is 4.39 Å². The average molecular weight is 265 g/mol. The van der Waals surface area contributed by atoms with Crippen LogP contribution in [0.3, 0.4) is 0 Å². The van der Waals surface area contributed by atoms with Gasteiger partial charge < -0.3 is 10.1 Å². The highest BCUT2D eigenvalue weighted by Gasteiger charge is 2.23. The summed E-state index contributed by atoms with van der Waals surface area (Å²) in [5, 5.41) is 2.34. The number of fused-ring (bicyclic) bond motifs is 1. The molecule has 1 atom stereocenters. The Kier molecular flexibility index (Phi) is 3.83. The standard InChI is InChI=1S/C14H16FNO3/c1-8-3-4-9-5-12(15)11(6-10(8)9)14(18)16-7-13(17)19-2/h5-6,8H,3-4,7H2,1-2H3,(H,16,18). The fraction of sp³-hybridized carbons (Fsp3) is 0.429. The van der Waals surface area contributed by atoms with Crippen LogP contribution in [0.4, 0.5) is 4.39 Å². The van der Waals surface area contributed by atoms with E-state index in [2.05, 4.69) is 17.0 Å². The van der Waals surface area contributed by atoms with E-state index in [1.54, 1.807) is 6.07 Å². The van der Waals surface area contributed by atoms with Gasteiger partial charge in [-0.15, -0.1) is 0 Å². The van der Waals surface area contributed by atoms with Gasteiger partial charge >= 0.3 is 5.97 Å². The van der Waals surface area contributed by atoms with Gasteiger partial charge in [-0.2, -0.15) is 0 Å². The lowest BCUT2D eigenvalue weighted by Crippen LogP contribution is -2.30. The second-order valence-electron chi connectivity index (χ2n) is 4.73. The topological polar surface area (TPSA) is 55.4 Å². The lowest BCUT2D eigenvalue weighted by molar-refractivity contribution is -0.139. The van der Waals surface area contributed by atoms with E-state index in [0.29, 0.717) is 5.92 Å². The van der Waals surface area contributed by atoms with Crippen molar-refractivity contribution in [1.29, 1.82) is 0 Å². The highest BCUT2D eigenvalue weighted by molar-refractivity contribution is 5.96. The minimum absolute atomic E-state index is 0.0172. The van der Waals surface area contributed by atoms with Gasteiger partial charge in [-0.05, 0) is 42.0 Å². The van der Waals surface area contributed by atoms with Gasteiger partial charge in [0.2, 0.25) is 0 Å². The first-order valence-corrected chi connectivity index (χ1v) is 6.20. The molecule has 1 amide bonds. The molecule has 0 aliphatic heterocycles. The Hall–Kier alpha value is -1.91. The summed E-state index contributed by atoms with van der Waals surface area (Å²) >= 11 is 0. The Labute approximate surface area is 110 Å². The number of carbonyl (C=O) groups excluding carboxylic acids is 2. The average Bonchev–Trinajstić information content (AvgIpc) is 2.75. The number of methoxy groups -OCH3 is 1. The maximum Gasteiger partial charge on any atom is 0.325 e. The van der Waals surface area contributed by atoms with E-state index in [0.717, 1.165) is 24.0 Å². The number of ether oxygens (including phenoxy) is 1. The highest BCUT2D eigenvalue weighted by Crippen LogP contribution is 2.34. The number of halogens is 1. The summed E-state index contributed by atoms with van der Waals surface area (Å²) in [7, 11) is 1.23. The zero-order valence-corrected chi connectivity index (χ0v) is 11.0. The van der Waals surface area contributed by atoms with Crippen molar-refractivity contribution in [3.05, 3.63) is 34.6 Å². The maximum absolute atomic E-state index is 13.9. The Morgan fingerprint density at radius 1 is 1.47 bits per heavy atom. The highest BCUT2D eigenvalue weighted by atomic mass is 19.1. The summed E-state index contributed by atoms with van der Waals surface area (Å²) in [4.78, 5) is 22.8. The quantitative estimate of drug-likeness (QED) is 0.847. The molecule has 0 saturated heterocycles. The van der Waals surface area contributed by atoms with Crippen LogP contribution in [0.1, 0.15) is 40.7 Å². The molecule has 0 saturated carbocycles. The second kappa shape index (κ2) is 5.38. The molecule has 0 bridgehead atoms. The van der Waals surface area contributed by atoms with Crippen LogP contribution in [0.5, 0.6) is 0 Å². The largest absolute Gasteiger partial charge is 0.468 e. The molecule has 4 nitrogen and oxygen atoms in total. The van der Waals surface area contributed by atoms with Crippen LogP contribution < -0.4 is 5.32 Å². The molecule has 19 heavy (non-hydrogen) atoms. The molecular weight excluding hydrogens is 249 g/mol. The molecule has 1 aliphatic carbocycles. The van der Waals surface area contributed by atoms with Gasteiger partial charge in [0.25, 0.3) is 5.91 Å². The predicted molar refractivity (Wildman–Crippen MR) is 67.5 cm³/mol. The lowest BCUT2D eigenvalue weighted by atomic mass is 10.00. The van der Waals surface area contributed by atoms with Crippen molar-refractivity contribution in [3.63, 3.8) is 0 Å². The van der Waals surface area contributed by atoms with Crippen molar-refractivity contribution in [2.24, 2.45) is 0 Å². The molecular formula is C14H16FNO3. The molecule has 0 fully saturated rings. The summed E-state index contributed by atoms with van der Waals surface area (Å²) in [5.41, 5.74) is 1.97. The summed E-state index contributed by atoms with van der Waals surface area (Å²) < 4.78 is 18.3. The van der Waals surface area contributed by atoms with Gasteiger partial charge in [-0.1, -0.05) is 6.92 Å². The molecule has 5 heteroatoms. The fourth-order valence-corrected chi connectivity index (χ4v) is 2.33. The van der Waals surface area contributed by atoms with Crippen LogP contribution in [0.25, 0.3) is 0 Å². The van der Waals surface area contributed by atoms with Crippen molar-refractivity contribution in [2.45, 2.75) is 25.7 Å². The number of rotatable bonds is 3. The van der Waals surface area contributed by atoms with E-state index in [1.807, 2.05) is 0 Å². The minimum atomic E-state index is -0.593. The summed E-state index contributed by atoms with van der Waals surface area (Å²) in [6, 6.07) is 3.01. The SMILES string of the molecule is COC(=O)CNC(=O)c1cc2c(cc1F)CCC2C. The van der Waals surface area contributed by atoms with Gasteiger partial charge in [0.1, 0.15) is 12.4 Å². The molecule has 102 valence electrons. The van der Waals surface area contributed by atoms with Crippen molar-refractivity contribution in [1.82, 2.24) is 5.32 Å². The van der Waals surface area contributed by atoms with Crippen molar-refractivity contribution in [2.75, 3.05) is 13.7 Å². The number of esters is 1. The first kappa shape index (κ1) is 13.5. The predicted octanol–water partition coefficient (Wildman–Crippen LogP) is 1.78. The monoisotopic (exact) mass is 265 g/mol. The summed E-state index contributed by atoms with van der Waals surface area (Å²) in [6.45, 7) is 1.79. The Morgan fingerprint density at radius 2 is 2.21 bits per heavy atom. The molecule has 1 N–H and O–H groups in total. The molecule has 0 spiro atoms. The Balaban J connectivity index is 2.18. The summed E-state index contributed by atoms with van der Waals surface area (Å²) in [6.07, 6.45) is 1.82. The van der Waals surface area contributed by atoms with Crippen molar-refractivity contribution < 1.29 is 18.7 Å². The van der Waals surface area contributed by atoms with Crippen LogP contribution in [0.2, 0.25) is 0 Å². The second-order valence-corrected chi connectivity index (χ2v) is 4.73. The molecule has 1 unspecified atom stereocenters. The molecule has 0 heterocycles. The number of nitrogens with one attached hydrogen (secondary N) is 1. The minimum Gasteiger partial charge on any atom is -0.468 e. The molecule has 2 rings (SSSR count). The number of aryl methyl sites for hydroxylation is 1. The van der Waals surface area contributed by atoms with Gasteiger partial charge in [0, 0.05) is 0 Å². The zero-order valence-electron chi connectivity index (χ0n) is 11.0. The van der Waals surface area contributed by atoms with Crippen LogP contribution in [-0.4, -0.2) is 25.5 Å². The van der Waals surface area contributed by atoms with Crippen LogP contribution in [-0.2, 0) is 16.0 Å². The lowest BCUT2D eigenvalue weighted by Gasteiger charge is -2.09. The third-order valence-electron chi connectivity index (χ3n) is 3.47. The van der Waals surface area contributed by atoms with Gasteiger partial charge in [0.05, 0.1) is 12.7 Å². The maximum atomic E-state index is 13.9. The van der Waals surface area contributed by atoms with Crippen molar-refractivity contribution in [3.8, 4) is 0 Å². The number of hydrogen-bond donors (Lipinski definition) is 1. The molecule has 0 aromatic heterocycles. The Morgan fingerprint density at radius 3 is 2.89 bits per heavy atom. The van der Waals surface area contributed by atoms with E-state index >= 15 is 0 Å². The van der Waals surface area contributed by atoms with E-state index in [9.17, 15) is 14.0 Å². The van der Waals surface area contributed by atoms with E-state index in [4.69, 9.17) is 0 Å².